The van der Waals surface area contributed by atoms with Gasteiger partial charge in [-0.15, -0.1) is 0 Å². The van der Waals surface area contributed by atoms with Gasteiger partial charge in [0, 0.05) is 11.8 Å². The number of ketones is 1. The maximum atomic E-state index is 12.3. The molecule has 0 radical (unpaired) electrons. The third-order valence-corrected chi connectivity index (χ3v) is 7.08. The van der Waals surface area contributed by atoms with Gasteiger partial charge in [0.2, 0.25) is 0 Å². The van der Waals surface area contributed by atoms with Crippen molar-refractivity contribution in [2.24, 2.45) is 17.3 Å². The second-order valence-electron chi connectivity index (χ2n) is 7.78. The van der Waals surface area contributed by atoms with Crippen molar-refractivity contribution in [3.05, 3.63) is 29.3 Å². The lowest BCUT2D eigenvalue weighted by Crippen LogP contribution is -2.42. The first-order valence-corrected chi connectivity index (χ1v) is 10.2. The van der Waals surface area contributed by atoms with Crippen molar-refractivity contribution < 1.29 is 23.7 Å². The molecule has 4 atom stereocenters. The predicted molar refractivity (Wildman–Crippen MR) is 88.7 cm³/mol. The van der Waals surface area contributed by atoms with Gasteiger partial charge in [0.25, 0.3) is 0 Å². The van der Waals surface area contributed by atoms with Gasteiger partial charge in [0.05, 0.1) is 0 Å². The van der Waals surface area contributed by atoms with Gasteiger partial charge < -0.3 is 4.52 Å². The molecule has 0 aliphatic heterocycles. The Morgan fingerprint density at radius 1 is 1.21 bits per heavy atom. The molecule has 0 unspecified atom stereocenters. The molecule has 6 heteroatoms. The van der Waals surface area contributed by atoms with Crippen molar-refractivity contribution in [1.82, 2.24) is 0 Å². The standard InChI is InChI=1S/C18H23O5P/c1-18-9-8-14-13-5-3-12(23-24(20,21)22)10-11(13)2-4-15(14)16(18)6-7-17(18)19/h3,5,10,14-16H,2,4,6-9H2,1H3,(H2,20,21,22)/t14-,15-,16+,18+/m1/s1. The number of phosphoric acid groups is 1. The Morgan fingerprint density at radius 2 is 2.00 bits per heavy atom. The van der Waals surface area contributed by atoms with E-state index >= 15 is 0 Å². The quantitative estimate of drug-likeness (QED) is 0.797. The van der Waals surface area contributed by atoms with Gasteiger partial charge in [-0.1, -0.05) is 13.0 Å². The number of phosphoric ester groups is 1. The molecule has 0 heterocycles. The van der Waals surface area contributed by atoms with E-state index < -0.39 is 7.82 Å². The normalized spacial score (nSPS) is 35.1. The Hall–Kier alpha value is -1.16. The Bertz CT molecular complexity index is 739. The molecule has 3 aliphatic carbocycles. The summed E-state index contributed by atoms with van der Waals surface area (Å²) in [4.78, 5) is 30.3. The van der Waals surface area contributed by atoms with Gasteiger partial charge in [-0.2, -0.15) is 0 Å². The molecule has 0 spiro atoms. The highest BCUT2D eigenvalue weighted by Crippen LogP contribution is 2.59. The fraction of sp³-hybridized carbons (Fsp3) is 0.611. The zero-order chi connectivity index (χ0) is 17.1. The summed E-state index contributed by atoms with van der Waals surface area (Å²) in [5, 5.41) is 0. The van der Waals surface area contributed by atoms with Crippen molar-refractivity contribution in [1.29, 1.82) is 0 Å². The minimum absolute atomic E-state index is 0.123. The van der Waals surface area contributed by atoms with Crippen LogP contribution in [0.5, 0.6) is 5.75 Å². The van der Waals surface area contributed by atoms with E-state index in [1.165, 1.54) is 5.56 Å². The lowest BCUT2D eigenvalue weighted by atomic mass is 9.55. The number of carbonyl (C=O) groups is 1. The molecule has 0 amide bonds. The van der Waals surface area contributed by atoms with Crippen molar-refractivity contribution >= 4 is 13.6 Å². The molecule has 4 rings (SSSR count). The molecule has 0 bridgehead atoms. The van der Waals surface area contributed by atoms with Crippen molar-refractivity contribution in [3.63, 3.8) is 0 Å². The summed E-state index contributed by atoms with van der Waals surface area (Å²) in [7, 11) is -4.52. The summed E-state index contributed by atoms with van der Waals surface area (Å²) in [6.07, 6.45) is 5.66. The molecule has 5 nitrogen and oxygen atoms in total. The second-order valence-corrected chi connectivity index (χ2v) is 8.94. The van der Waals surface area contributed by atoms with Gasteiger partial charge in [0.1, 0.15) is 11.5 Å². The predicted octanol–water partition coefficient (Wildman–Crippen LogP) is 3.58. The maximum Gasteiger partial charge on any atom is 0.524 e. The summed E-state index contributed by atoms with van der Waals surface area (Å²) >= 11 is 0. The molecule has 1 aromatic carbocycles. The van der Waals surface area contributed by atoms with Crippen LogP contribution in [0.2, 0.25) is 0 Å². The Labute approximate surface area is 141 Å². The third kappa shape index (κ3) is 2.54. The van der Waals surface area contributed by atoms with Crippen LogP contribution in [-0.4, -0.2) is 15.6 Å². The van der Waals surface area contributed by atoms with Crippen LogP contribution in [0.1, 0.15) is 56.1 Å². The highest BCUT2D eigenvalue weighted by molar-refractivity contribution is 7.46. The molecule has 2 saturated carbocycles. The van der Waals surface area contributed by atoms with E-state index in [-0.39, 0.29) is 11.2 Å². The molecule has 0 aromatic heterocycles. The van der Waals surface area contributed by atoms with Crippen LogP contribution < -0.4 is 4.52 Å². The molecular weight excluding hydrogens is 327 g/mol. The molecular formula is C18H23O5P. The number of rotatable bonds is 2. The van der Waals surface area contributed by atoms with E-state index in [1.54, 1.807) is 12.1 Å². The number of fused-ring (bicyclic) bond motifs is 5. The molecule has 1 aromatic rings. The highest BCUT2D eigenvalue weighted by atomic mass is 31.2. The molecule has 3 aliphatic rings. The summed E-state index contributed by atoms with van der Waals surface area (Å²) in [6, 6.07) is 5.41. The smallest absolute Gasteiger partial charge is 0.404 e. The lowest BCUT2D eigenvalue weighted by Gasteiger charge is -2.48. The summed E-state index contributed by atoms with van der Waals surface area (Å²) in [6.45, 7) is 2.16. The zero-order valence-electron chi connectivity index (χ0n) is 13.8. The first-order chi connectivity index (χ1) is 11.3. The van der Waals surface area contributed by atoms with Crippen LogP contribution in [0.3, 0.4) is 0 Å². The topological polar surface area (TPSA) is 83.8 Å². The third-order valence-electron chi connectivity index (χ3n) is 6.63. The molecule has 0 saturated heterocycles. The molecule has 130 valence electrons. The van der Waals surface area contributed by atoms with Gasteiger partial charge in [-0.05, 0) is 73.1 Å². The number of hydrogen-bond acceptors (Lipinski definition) is 3. The first kappa shape index (κ1) is 16.3. The van der Waals surface area contributed by atoms with Crippen LogP contribution in [-0.2, 0) is 15.8 Å². The van der Waals surface area contributed by atoms with Gasteiger partial charge in [0.15, 0.2) is 0 Å². The fourth-order valence-electron chi connectivity index (χ4n) is 5.52. The van der Waals surface area contributed by atoms with Gasteiger partial charge in [-0.3, -0.25) is 14.6 Å². The Morgan fingerprint density at radius 3 is 2.75 bits per heavy atom. The average molecular weight is 350 g/mol. The van der Waals surface area contributed by atoms with Crippen molar-refractivity contribution in [2.45, 2.75) is 51.4 Å². The summed E-state index contributed by atoms with van der Waals surface area (Å²) in [5.74, 6) is 2.18. The highest BCUT2D eigenvalue weighted by Gasteiger charge is 2.54. The lowest BCUT2D eigenvalue weighted by molar-refractivity contribution is -0.129. The SMILES string of the molecule is C[C@]12CC[C@@H]3c4ccc(OP(=O)(O)O)cc4CC[C@H]3[C@@H]1CCC2=O. The number of Topliss-reactive ketones (excluding diaryl/α,β-unsaturated/α-hetero) is 1. The van der Waals surface area contributed by atoms with E-state index in [9.17, 15) is 9.36 Å². The molecule has 24 heavy (non-hydrogen) atoms. The Balaban J connectivity index is 1.64. The van der Waals surface area contributed by atoms with E-state index in [0.717, 1.165) is 44.1 Å². The van der Waals surface area contributed by atoms with Crippen molar-refractivity contribution in [3.8, 4) is 5.75 Å². The van der Waals surface area contributed by atoms with E-state index in [2.05, 4.69) is 6.92 Å². The largest absolute Gasteiger partial charge is 0.524 e. The second kappa shape index (κ2) is 5.42. The average Bonchev–Trinajstić information content (AvgIpc) is 2.81. The van der Waals surface area contributed by atoms with E-state index in [0.29, 0.717) is 23.5 Å². The van der Waals surface area contributed by atoms with E-state index in [4.69, 9.17) is 14.3 Å². The fourth-order valence-corrected chi connectivity index (χ4v) is 5.91. The van der Waals surface area contributed by atoms with Gasteiger partial charge >= 0.3 is 7.82 Å². The molecule has 2 fully saturated rings. The minimum Gasteiger partial charge on any atom is -0.404 e. The van der Waals surface area contributed by atoms with E-state index in [1.807, 2.05) is 6.07 Å². The molecule has 2 N–H and O–H groups in total. The summed E-state index contributed by atoms with van der Waals surface area (Å²) in [5.41, 5.74) is 2.29. The van der Waals surface area contributed by atoms with Crippen LogP contribution in [0.4, 0.5) is 0 Å². The maximum absolute atomic E-state index is 12.3. The van der Waals surface area contributed by atoms with Crippen LogP contribution in [0, 0.1) is 17.3 Å². The summed E-state index contributed by atoms with van der Waals surface area (Å²) < 4.78 is 15.8. The number of aryl methyl sites for hydroxylation is 1. The van der Waals surface area contributed by atoms with Gasteiger partial charge in [-0.25, -0.2) is 4.57 Å². The number of benzene rings is 1. The van der Waals surface area contributed by atoms with Crippen LogP contribution >= 0.6 is 7.82 Å². The number of carbonyl (C=O) groups excluding carboxylic acids is 1. The van der Waals surface area contributed by atoms with Crippen LogP contribution in [0.25, 0.3) is 0 Å². The Kier molecular flexibility index (Phi) is 3.68. The monoisotopic (exact) mass is 350 g/mol. The van der Waals surface area contributed by atoms with Crippen LogP contribution in [0.15, 0.2) is 18.2 Å². The number of hydrogen-bond donors (Lipinski definition) is 2. The first-order valence-electron chi connectivity index (χ1n) is 8.69. The van der Waals surface area contributed by atoms with Crippen molar-refractivity contribution in [2.75, 3.05) is 0 Å². The minimum atomic E-state index is -4.52. The zero-order valence-corrected chi connectivity index (χ0v) is 14.7.